The van der Waals surface area contributed by atoms with Gasteiger partial charge in [-0.05, 0) is 41.8 Å². The van der Waals surface area contributed by atoms with E-state index in [2.05, 4.69) is 85.6 Å². The maximum atomic E-state index is 6.26. The van der Waals surface area contributed by atoms with Crippen LogP contribution in [0.5, 0.6) is 0 Å². The molecule has 0 bridgehead atoms. The highest BCUT2D eigenvalue weighted by Crippen LogP contribution is 2.48. The fourth-order valence-electron chi connectivity index (χ4n) is 5.52. The Balaban J connectivity index is 2.19. The fourth-order valence-corrected chi connectivity index (χ4v) is 10.8. The molecule has 1 heterocycles. The van der Waals surface area contributed by atoms with Crippen LogP contribution in [0.1, 0.15) is 68.2 Å². The van der Waals surface area contributed by atoms with Crippen molar-refractivity contribution in [2.24, 2.45) is 17.3 Å². The maximum absolute atomic E-state index is 6.26. The Kier molecular flexibility index (Phi) is 6.68. The molecule has 2 heteroatoms. The molecule has 0 saturated carbocycles. The topological polar surface area (TPSA) is 9.23 Å². The quantitative estimate of drug-likeness (QED) is 0.294. The van der Waals surface area contributed by atoms with Crippen LogP contribution in [-0.2, 0) is 4.74 Å². The molecular weight excluding hydrogens is 332 g/mol. The molecule has 0 aromatic heterocycles. The number of hydrogen-bond acceptors (Lipinski definition) is 1. The van der Waals surface area contributed by atoms with Crippen molar-refractivity contribution in [3.63, 3.8) is 0 Å². The minimum absolute atomic E-state index is 0.182. The lowest BCUT2D eigenvalue weighted by Gasteiger charge is -2.38. The molecule has 1 aliphatic heterocycles. The van der Waals surface area contributed by atoms with Crippen molar-refractivity contribution < 1.29 is 4.74 Å². The molecule has 26 heavy (non-hydrogen) atoms. The van der Waals surface area contributed by atoms with Crippen LogP contribution in [0.2, 0.25) is 16.6 Å². The zero-order valence-corrected chi connectivity index (χ0v) is 19.4. The zero-order valence-electron chi connectivity index (χ0n) is 18.4. The van der Waals surface area contributed by atoms with E-state index >= 15 is 0 Å². The predicted octanol–water partition coefficient (Wildman–Crippen LogP) is 6.77. The molecule has 0 N–H and O–H groups in total. The van der Waals surface area contributed by atoms with Gasteiger partial charge >= 0.3 is 0 Å². The zero-order chi connectivity index (χ0) is 19.7. The lowest BCUT2D eigenvalue weighted by molar-refractivity contribution is 0.0907. The number of fused-ring (bicyclic) bond motifs is 1. The highest BCUT2D eigenvalue weighted by atomic mass is 28.3. The standard InChI is InChI=1S/C24H40OSi/c1-17(2)21-12-13-24(9)16-25-23(22(24)15-21)11-10-14-26(18(3)4,19(5)6)20(7)8/h12-13,18-23H,1,11,15-16H2,2-9H3/t21-,22-,23-,24-/m0/s1. The van der Waals surface area contributed by atoms with Gasteiger partial charge in [0.1, 0.15) is 8.07 Å². The summed E-state index contributed by atoms with van der Waals surface area (Å²) in [5.74, 6) is 4.71. The van der Waals surface area contributed by atoms with Crippen LogP contribution in [0.4, 0.5) is 0 Å². The summed E-state index contributed by atoms with van der Waals surface area (Å²) < 4.78 is 6.26. The lowest BCUT2D eigenvalue weighted by Crippen LogP contribution is -2.43. The number of allylic oxidation sites excluding steroid dienone is 2. The Morgan fingerprint density at radius 2 is 1.77 bits per heavy atom. The van der Waals surface area contributed by atoms with Gasteiger partial charge in [0.05, 0.1) is 12.7 Å². The molecule has 0 aromatic rings. The van der Waals surface area contributed by atoms with Crippen molar-refractivity contribution in [1.82, 2.24) is 0 Å². The second kappa shape index (κ2) is 8.07. The molecule has 0 unspecified atom stereocenters. The van der Waals surface area contributed by atoms with E-state index in [1.165, 1.54) is 5.57 Å². The molecule has 0 radical (unpaired) electrons. The molecule has 0 amide bonds. The van der Waals surface area contributed by atoms with Crippen LogP contribution in [-0.4, -0.2) is 20.8 Å². The summed E-state index contributed by atoms with van der Waals surface area (Å²) in [5, 5.41) is 0. The van der Waals surface area contributed by atoms with Crippen molar-refractivity contribution >= 4 is 8.07 Å². The van der Waals surface area contributed by atoms with Gasteiger partial charge in [-0.15, -0.1) is 11.5 Å². The lowest BCUT2D eigenvalue weighted by atomic mass is 9.67. The number of hydrogen-bond donors (Lipinski definition) is 0. The Hall–Kier alpha value is -0.783. The average molecular weight is 373 g/mol. The predicted molar refractivity (Wildman–Crippen MR) is 117 cm³/mol. The Bertz CT molecular complexity index is 582. The van der Waals surface area contributed by atoms with Crippen LogP contribution < -0.4 is 0 Å². The van der Waals surface area contributed by atoms with Crippen molar-refractivity contribution in [3.05, 3.63) is 24.3 Å². The van der Waals surface area contributed by atoms with E-state index in [0.29, 0.717) is 28.5 Å². The average Bonchev–Trinajstić information content (AvgIpc) is 2.86. The highest BCUT2D eigenvalue weighted by molar-refractivity contribution is 6.90. The van der Waals surface area contributed by atoms with Crippen molar-refractivity contribution in [1.29, 1.82) is 0 Å². The van der Waals surface area contributed by atoms with Crippen LogP contribution in [0.25, 0.3) is 0 Å². The molecule has 1 aliphatic carbocycles. The number of ether oxygens (including phenoxy) is 1. The fraction of sp³-hybridized carbons (Fsp3) is 0.750. The largest absolute Gasteiger partial charge is 0.376 e. The van der Waals surface area contributed by atoms with E-state index in [1.807, 2.05) is 0 Å². The molecular formula is C24H40OSi. The smallest absolute Gasteiger partial charge is 0.145 e. The van der Waals surface area contributed by atoms with Crippen LogP contribution in [0.15, 0.2) is 24.3 Å². The first-order valence-corrected chi connectivity index (χ1v) is 12.7. The van der Waals surface area contributed by atoms with Gasteiger partial charge in [0.15, 0.2) is 0 Å². The second-order valence-electron chi connectivity index (χ2n) is 9.91. The van der Waals surface area contributed by atoms with Crippen LogP contribution in [0.3, 0.4) is 0 Å². The first kappa shape index (κ1) is 21.5. The molecule has 0 spiro atoms. The van der Waals surface area contributed by atoms with Crippen molar-refractivity contribution in [2.75, 3.05) is 6.61 Å². The minimum atomic E-state index is -1.64. The molecule has 146 valence electrons. The third kappa shape index (κ3) is 3.90. The summed E-state index contributed by atoms with van der Waals surface area (Å²) in [5.41, 5.74) is 7.39. The van der Waals surface area contributed by atoms with E-state index < -0.39 is 8.07 Å². The first-order chi connectivity index (χ1) is 12.0. The van der Waals surface area contributed by atoms with Gasteiger partial charge in [0.2, 0.25) is 0 Å². The van der Waals surface area contributed by atoms with E-state index in [-0.39, 0.29) is 11.5 Å². The monoisotopic (exact) mass is 372 g/mol. The van der Waals surface area contributed by atoms with E-state index in [1.54, 1.807) is 0 Å². The molecule has 1 saturated heterocycles. The maximum Gasteiger partial charge on any atom is 0.145 e. The molecule has 1 fully saturated rings. The van der Waals surface area contributed by atoms with Gasteiger partial charge in [-0.25, -0.2) is 0 Å². The minimum Gasteiger partial charge on any atom is -0.376 e. The van der Waals surface area contributed by atoms with Gasteiger partial charge < -0.3 is 4.74 Å². The summed E-state index contributed by atoms with van der Waals surface area (Å²) >= 11 is 0. The first-order valence-electron chi connectivity index (χ1n) is 10.5. The Morgan fingerprint density at radius 1 is 1.19 bits per heavy atom. The van der Waals surface area contributed by atoms with Gasteiger partial charge in [-0.1, -0.05) is 72.8 Å². The van der Waals surface area contributed by atoms with Gasteiger partial charge in [-0.3, -0.25) is 0 Å². The summed E-state index contributed by atoms with van der Waals surface area (Å²) in [7, 11) is -1.64. The van der Waals surface area contributed by atoms with Gasteiger partial charge in [0, 0.05) is 11.8 Å². The third-order valence-corrected chi connectivity index (χ3v) is 13.6. The van der Waals surface area contributed by atoms with Gasteiger partial charge in [0.25, 0.3) is 0 Å². The van der Waals surface area contributed by atoms with Crippen molar-refractivity contribution in [2.45, 2.75) is 91.0 Å². The molecule has 0 aromatic carbocycles. The van der Waals surface area contributed by atoms with Crippen LogP contribution >= 0.6 is 0 Å². The van der Waals surface area contributed by atoms with E-state index in [9.17, 15) is 0 Å². The highest BCUT2D eigenvalue weighted by Gasteiger charge is 2.47. The summed E-state index contributed by atoms with van der Waals surface area (Å²) in [6.07, 6.45) is 7.07. The third-order valence-electron chi connectivity index (χ3n) is 7.23. The van der Waals surface area contributed by atoms with E-state index in [4.69, 9.17) is 4.74 Å². The molecule has 2 aliphatic rings. The molecule has 1 nitrogen and oxygen atoms in total. The number of rotatable bonds is 5. The molecule has 4 atom stereocenters. The van der Waals surface area contributed by atoms with Gasteiger partial charge in [-0.2, -0.15) is 0 Å². The Labute approximate surface area is 163 Å². The Morgan fingerprint density at radius 3 is 2.27 bits per heavy atom. The van der Waals surface area contributed by atoms with Crippen molar-refractivity contribution in [3.8, 4) is 11.5 Å². The van der Waals surface area contributed by atoms with Crippen LogP contribution in [0, 0.1) is 28.7 Å². The second-order valence-corrected chi connectivity index (χ2v) is 15.5. The normalized spacial score (nSPS) is 31.3. The SMILES string of the molecule is C=C(C)[C@H]1C=C[C@@]2(C)CO[C@@H](CC#C[Si](C(C)C)(C(C)C)C(C)C)[C@@H]2C1. The summed E-state index contributed by atoms with van der Waals surface area (Å²) in [6.45, 7) is 23.8. The summed E-state index contributed by atoms with van der Waals surface area (Å²) in [6, 6.07) is 0. The molecule has 2 rings (SSSR count). The van der Waals surface area contributed by atoms with E-state index in [0.717, 1.165) is 19.4 Å². The summed E-state index contributed by atoms with van der Waals surface area (Å²) in [4.78, 5) is 0.